The number of methoxy groups -OCH3 is 1. The summed E-state index contributed by atoms with van der Waals surface area (Å²) >= 11 is 0. The lowest BCUT2D eigenvalue weighted by Gasteiger charge is -2.26. The third-order valence-corrected chi connectivity index (χ3v) is 4.54. The van der Waals surface area contributed by atoms with E-state index in [1.54, 1.807) is 37.5 Å². The first kappa shape index (κ1) is 20.2. The molecule has 0 fully saturated rings. The van der Waals surface area contributed by atoms with Crippen molar-refractivity contribution in [2.75, 3.05) is 46.8 Å². The molecule has 0 atom stereocenters. The van der Waals surface area contributed by atoms with E-state index in [1.807, 2.05) is 0 Å². The third kappa shape index (κ3) is 4.30. The van der Waals surface area contributed by atoms with E-state index in [1.165, 1.54) is 0 Å². The fourth-order valence-corrected chi connectivity index (χ4v) is 3.15. The van der Waals surface area contributed by atoms with Gasteiger partial charge in [-0.15, -0.1) is 0 Å². The summed E-state index contributed by atoms with van der Waals surface area (Å²) in [6, 6.07) is 6.86. The zero-order valence-corrected chi connectivity index (χ0v) is 16.0. The van der Waals surface area contributed by atoms with Gasteiger partial charge in [-0.2, -0.15) is 0 Å². The van der Waals surface area contributed by atoms with E-state index in [0.717, 1.165) is 0 Å². The zero-order chi connectivity index (χ0) is 19.9. The first-order valence-corrected chi connectivity index (χ1v) is 9.23. The van der Waals surface area contributed by atoms with Gasteiger partial charge in [-0.3, -0.25) is 9.59 Å². The van der Waals surface area contributed by atoms with Gasteiger partial charge in [-0.25, -0.2) is 0 Å². The van der Waals surface area contributed by atoms with Gasteiger partial charge < -0.3 is 18.9 Å². The quantitative estimate of drug-likeness (QED) is 0.578. The van der Waals surface area contributed by atoms with Gasteiger partial charge in [0.2, 0.25) is 0 Å². The first-order chi connectivity index (χ1) is 13.6. The van der Waals surface area contributed by atoms with Crippen molar-refractivity contribution in [2.45, 2.75) is 6.42 Å². The average Bonchev–Trinajstić information content (AvgIpc) is 2.71. The smallest absolute Gasteiger partial charge is 0.198 e. The van der Waals surface area contributed by atoms with Crippen LogP contribution in [0, 0.1) is 0 Å². The van der Waals surface area contributed by atoms with Crippen molar-refractivity contribution in [2.24, 2.45) is 0 Å². The molecule has 3 rings (SSSR count). The number of ketones is 2. The summed E-state index contributed by atoms with van der Waals surface area (Å²) < 4.78 is 21.5. The number of carbonyl (C=O) groups is 2. The predicted molar refractivity (Wildman–Crippen MR) is 103 cm³/mol. The van der Waals surface area contributed by atoms with Crippen LogP contribution in [0.2, 0.25) is 0 Å². The summed E-state index contributed by atoms with van der Waals surface area (Å²) in [5.41, 5.74) is 2.23. The van der Waals surface area contributed by atoms with E-state index in [-0.39, 0.29) is 18.2 Å². The SMILES string of the molecule is C=C1CC=C2C(=O)c3ccccc3C(=O)C2=C1OCCOCCOCCOC. The van der Waals surface area contributed by atoms with Crippen molar-refractivity contribution in [3.05, 3.63) is 70.5 Å². The van der Waals surface area contributed by atoms with Crippen LogP contribution < -0.4 is 0 Å². The second-order valence-corrected chi connectivity index (χ2v) is 6.40. The summed E-state index contributed by atoms with van der Waals surface area (Å²) in [6.07, 6.45) is 2.23. The summed E-state index contributed by atoms with van der Waals surface area (Å²) in [5.74, 6) is 0.0401. The molecule has 0 N–H and O–H groups in total. The maximum absolute atomic E-state index is 13.0. The van der Waals surface area contributed by atoms with Crippen LogP contribution >= 0.6 is 0 Å². The maximum Gasteiger partial charge on any atom is 0.198 e. The molecule has 0 saturated heterocycles. The van der Waals surface area contributed by atoms with Crippen LogP contribution in [0.1, 0.15) is 27.1 Å². The van der Waals surface area contributed by atoms with Gasteiger partial charge in [-0.05, 0) is 12.0 Å². The monoisotopic (exact) mass is 384 g/mol. The van der Waals surface area contributed by atoms with Crippen LogP contribution in [0.3, 0.4) is 0 Å². The Balaban J connectivity index is 1.63. The second-order valence-electron chi connectivity index (χ2n) is 6.40. The van der Waals surface area contributed by atoms with E-state index in [0.29, 0.717) is 73.1 Å². The van der Waals surface area contributed by atoms with Crippen molar-refractivity contribution >= 4 is 11.6 Å². The molecule has 0 saturated carbocycles. The van der Waals surface area contributed by atoms with E-state index in [2.05, 4.69) is 6.58 Å². The molecular formula is C22H24O6. The van der Waals surface area contributed by atoms with Crippen LogP contribution in [0.25, 0.3) is 0 Å². The minimum absolute atomic E-state index is 0.150. The zero-order valence-electron chi connectivity index (χ0n) is 16.0. The fraction of sp³-hybridized carbons (Fsp3) is 0.364. The van der Waals surface area contributed by atoms with Gasteiger partial charge in [0.25, 0.3) is 0 Å². The number of carbonyl (C=O) groups excluding carboxylic acids is 2. The molecule has 0 radical (unpaired) electrons. The Morgan fingerprint density at radius 2 is 1.50 bits per heavy atom. The van der Waals surface area contributed by atoms with Crippen molar-refractivity contribution in [3.63, 3.8) is 0 Å². The Labute approximate surface area is 164 Å². The lowest BCUT2D eigenvalue weighted by Crippen LogP contribution is -2.27. The number of fused-ring (bicyclic) bond motifs is 2. The lowest BCUT2D eigenvalue weighted by molar-refractivity contribution is 0.0123. The minimum atomic E-state index is -0.204. The van der Waals surface area contributed by atoms with E-state index >= 15 is 0 Å². The molecule has 0 heterocycles. The largest absolute Gasteiger partial charge is 0.490 e. The van der Waals surface area contributed by atoms with Crippen molar-refractivity contribution < 1.29 is 28.5 Å². The van der Waals surface area contributed by atoms with E-state index < -0.39 is 0 Å². The summed E-state index contributed by atoms with van der Waals surface area (Å²) in [4.78, 5) is 25.8. The predicted octanol–water partition coefficient (Wildman–Crippen LogP) is 2.90. The molecule has 6 heteroatoms. The molecule has 0 bridgehead atoms. The number of Topliss-reactive ketones (excluding diaryl/α,β-unsaturated/α-hetero) is 2. The maximum atomic E-state index is 13.0. The number of benzene rings is 1. The van der Waals surface area contributed by atoms with Crippen LogP contribution in [0.5, 0.6) is 0 Å². The summed E-state index contributed by atoms with van der Waals surface area (Å²) in [5, 5.41) is 0. The number of ether oxygens (including phenoxy) is 4. The molecule has 0 aromatic heterocycles. The Morgan fingerprint density at radius 1 is 0.893 bits per heavy atom. The van der Waals surface area contributed by atoms with Gasteiger partial charge in [0, 0.05) is 23.8 Å². The van der Waals surface area contributed by atoms with Gasteiger partial charge in [0.15, 0.2) is 11.6 Å². The number of rotatable bonds is 10. The molecule has 6 nitrogen and oxygen atoms in total. The Hall–Kier alpha value is -2.54. The topological polar surface area (TPSA) is 71.1 Å². The summed E-state index contributed by atoms with van der Waals surface area (Å²) in [7, 11) is 1.62. The number of hydrogen-bond donors (Lipinski definition) is 0. The molecule has 28 heavy (non-hydrogen) atoms. The standard InChI is InChI=1S/C22H24O6/c1-15-7-8-18-19(21(24)17-6-4-3-5-16(17)20(18)23)22(15)28-14-13-27-12-11-26-10-9-25-2/h3-6,8H,1,7,9-14H2,2H3. The molecule has 2 aliphatic carbocycles. The van der Waals surface area contributed by atoms with Gasteiger partial charge >= 0.3 is 0 Å². The Kier molecular flexibility index (Phi) is 6.92. The molecule has 0 amide bonds. The van der Waals surface area contributed by atoms with Gasteiger partial charge in [0.1, 0.15) is 12.4 Å². The van der Waals surface area contributed by atoms with Crippen molar-refractivity contribution in [1.29, 1.82) is 0 Å². The molecule has 148 valence electrons. The van der Waals surface area contributed by atoms with Crippen molar-refractivity contribution in [1.82, 2.24) is 0 Å². The van der Waals surface area contributed by atoms with Crippen LogP contribution in [-0.2, 0) is 18.9 Å². The van der Waals surface area contributed by atoms with Crippen LogP contribution in [-0.4, -0.2) is 58.3 Å². The first-order valence-electron chi connectivity index (χ1n) is 9.23. The molecule has 0 aliphatic heterocycles. The highest BCUT2D eigenvalue weighted by molar-refractivity contribution is 6.31. The highest BCUT2D eigenvalue weighted by Gasteiger charge is 2.37. The molecule has 0 unspecified atom stereocenters. The fourth-order valence-electron chi connectivity index (χ4n) is 3.15. The molecular weight excluding hydrogens is 360 g/mol. The highest BCUT2D eigenvalue weighted by atomic mass is 16.6. The van der Waals surface area contributed by atoms with E-state index in [9.17, 15) is 9.59 Å². The molecule has 1 aromatic carbocycles. The van der Waals surface area contributed by atoms with Crippen LogP contribution in [0.15, 0.2) is 59.4 Å². The van der Waals surface area contributed by atoms with E-state index in [4.69, 9.17) is 18.9 Å². The average molecular weight is 384 g/mol. The second kappa shape index (κ2) is 9.59. The van der Waals surface area contributed by atoms with Crippen molar-refractivity contribution in [3.8, 4) is 0 Å². The van der Waals surface area contributed by atoms with Gasteiger partial charge in [-0.1, -0.05) is 36.9 Å². The molecule has 0 spiro atoms. The minimum Gasteiger partial charge on any atom is -0.490 e. The number of allylic oxidation sites excluding steroid dienone is 4. The third-order valence-electron chi connectivity index (χ3n) is 4.54. The van der Waals surface area contributed by atoms with Gasteiger partial charge in [0.05, 0.1) is 38.6 Å². The highest BCUT2D eigenvalue weighted by Crippen LogP contribution is 2.37. The Bertz CT molecular complexity index is 833. The Morgan fingerprint density at radius 3 is 2.18 bits per heavy atom. The van der Waals surface area contributed by atoms with Crippen LogP contribution in [0.4, 0.5) is 0 Å². The normalized spacial score (nSPS) is 16.0. The molecule has 2 aliphatic rings. The lowest BCUT2D eigenvalue weighted by atomic mass is 9.78. The summed E-state index contributed by atoms with van der Waals surface area (Å²) in [6.45, 7) is 6.58. The molecule has 1 aromatic rings. The number of hydrogen-bond acceptors (Lipinski definition) is 6.